The van der Waals surface area contributed by atoms with Crippen LogP contribution in [0.4, 0.5) is 0 Å². The number of carbonyl (C=O) groups is 2. The number of amides is 1. The van der Waals surface area contributed by atoms with Crippen LogP contribution in [-0.4, -0.2) is 22.9 Å². The molecule has 4 aliphatic rings. The van der Waals surface area contributed by atoms with Crippen LogP contribution in [0.15, 0.2) is 11.6 Å². The molecule has 0 saturated heterocycles. The summed E-state index contributed by atoms with van der Waals surface area (Å²) in [5.41, 5.74) is 6.88. The highest BCUT2D eigenvalue weighted by atomic mass is 16.3. The lowest BCUT2D eigenvalue weighted by molar-refractivity contribution is -0.122. The van der Waals surface area contributed by atoms with Crippen LogP contribution in [0.2, 0.25) is 0 Å². The topological polar surface area (TPSA) is 80.4 Å². The van der Waals surface area contributed by atoms with Gasteiger partial charge in [0.25, 0.3) is 0 Å². The summed E-state index contributed by atoms with van der Waals surface area (Å²) in [6, 6.07) is 0. The number of carbonyl (C=O) groups excluding carboxylic acids is 2. The molecule has 4 rings (SSSR count). The fourth-order valence-corrected chi connectivity index (χ4v) is 7.66. The zero-order chi connectivity index (χ0) is 21.4. The van der Waals surface area contributed by atoms with E-state index in [1.54, 1.807) is 0 Å². The summed E-state index contributed by atoms with van der Waals surface area (Å²) in [7, 11) is 0. The molecule has 3 unspecified atom stereocenters. The van der Waals surface area contributed by atoms with E-state index < -0.39 is 0 Å². The summed E-state index contributed by atoms with van der Waals surface area (Å²) < 4.78 is 0. The molecule has 4 nitrogen and oxygen atoms in total. The number of hydrogen-bond acceptors (Lipinski definition) is 3. The average Bonchev–Trinajstić information content (AvgIpc) is 2.99. The van der Waals surface area contributed by atoms with Crippen molar-refractivity contribution in [1.82, 2.24) is 0 Å². The fourth-order valence-electron chi connectivity index (χ4n) is 7.66. The van der Waals surface area contributed by atoms with Crippen molar-refractivity contribution in [3.8, 4) is 0 Å². The predicted molar refractivity (Wildman–Crippen MR) is 116 cm³/mol. The van der Waals surface area contributed by atoms with Gasteiger partial charge in [-0.3, -0.25) is 9.59 Å². The third kappa shape index (κ3) is 3.71. The van der Waals surface area contributed by atoms with Crippen LogP contribution in [0.1, 0.15) is 91.9 Å². The van der Waals surface area contributed by atoms with Crippen molar-refractivity contribution in [2.45, 2.75) is 98.0 Å². The summed E-state index contributed by atoms with van der Waals surface area (Å²) in [4.78, 5) is 23.6. The number of nitrogens with two attached hydrogens (primary N) is 1. The van der Waals surface area contributed by atoms with E-state index in [0.717, 1.165) is 44.9 Å². The van der Waals surface area contributed by atoms with Crippen LogP contribution in [0.5, 0.6) is 0 Å². The first-order valence-corrected chi connectivity index (χ1v) is 12.0. The number of aliphatic hydroxyl groups excluding tert-OH is 1. The first kappa shape index (κ1) is 22.5. The number of hydrogen-bond donors (Lipinski definition) is 2. The quantitative estimate of drug-likeness (QED) is 0.708. The Morgan fingerprint density at radius 1 is 1.17 bits per heavy atom. The number of primary amides is 1. The van der Waals surface area contributed by atoms with Gasteiger partial charge in [-0.25, -0.2) is 0 Å². The molecule has 0 aliphatic heterocycles. The van der Waals surface area contributed by atoms with Crippen molar-refractivity contribution in [2.24, 2.45) is 40.2 Å². The van der Waals surface area contributed by atoms with Crippen molar-refractivity contribution < 1.29 is 14.7 Å². The maximum absolute atomic E-state index is 12.4. The molecule has 0 heterocycles. The van der Waals surface area contributed by atoms with Gasteiger partial charge in [0, 0.05) is 12.8 Å². The van der Waals surface area contributed by atoms with Gasteiger partial charge in [-0.2, -0.15) is 0 Å². The SMILES string of the molecule is CC.C[C@]12CCC3C(CCC4=CC(=O)C[C@H](CCCC(N)=O)[C@@]43C)C1CC[C@@H]2O. The highest BCUT2D eigenvalue weighted by Gasteiger charge is 2.60. The first-order chi connectivity index (χ1) is 13.8. The summed E-state index contributed by atoms with van der Waals surface area (Å²) in [5.74, 6) is 2.23. The summed E-state index contributed by atoms with van der Waals surface area (Å²) in [5, 5.41) is 10.6. The van der Waals surface area contributed by atoms with E-state index in [9.17, 15) is 14.7 Å². The van der Waals surface area contributed by atoms with Crippen LogP contribution in [-0.2, 0) is 9.59 Å². The van der Waals surface area contributed by atoms with E-state index in [1.807, 2.05) is 19.9 Å². The molecular weight excluding hydrogens is 362 g/mol. The molecule has 164 valence electrons. The molecule has 0 radical (unpaired) electrons. The molecule has 0 spiro atoms. The van der Waals surface area contributed by atoms with E-state index in [0.29, 0.717) is 36.5 Å². The van der Waals surface area contributed by atoms with Crippen LogP contribution in [0, 0.1) is 34.5 Å². The maximum atomic E-state index is 12.4. The smallest absolute Gasteiger partial charge is 0.217 e. The molecule has 0 aromatic carbocycles. The van der Waals surface area contributed by atoms with Crippen LogP contribution in [0.25, 0.3) is 0 Å². The fraction of sp³-hybridized carbons (Fsp3) is 0.840. The number of aliphatic hydroxyl groups is 1. The van der Waals surface area contributed by atoms with Gasteiger partial charge in [0.05, 0.1) is 6.10 Å². The third-order valence-corrected chi connectivity index (χ3v) is 9.20. The molecule has 3 fully saturated rings. The van der Waals surface area contributed by atoms with Gasteiger partial charge in [0.1, 0.15) is 0 Å². The van der Waals surface area contributed by atoms with Gasteiger partial charge in [-0.05, 0) is 91.9 Å². The van der Waals surface area contributed by atoms with Gasteiger partial charge in [-0.1, -0.05) is 33.3 Å². The minimum atomic E-state index is -0.243. The third-order valence-electron chi connectivity index (χ3n) is 9.20. The van der Waals surface area contributed by atoms with E-state index in [1.165, 1.54) is 12.0 Å². The number of fused-ring (bicyclic) bond motifs is 5. The molecule has 29 heavy (non-hydrogen) atoms. The highest BCUT2D eigenvalue weighted by molar-refractivity contribution is 5.92. The molecule has 0 aromatic heterocycles. The van der Waals surface area contributed by atoms with Crippen LogP contribution >= 0.6 is 0 Å². The van der Waals surface area contributed by atoms with Crippen molar-refractivity contribution >= 4 is 11.7 Å². The van der Waals surface area contributed by atoms with Gasteiger partial charge in [-0.15, -0.1) is 0 Å². The summed E-state index contributed by atoms with van der Waals surface area (Å²) in [6.45, 7) is 8.72. The molecule has 7 atom stereocenters. The van der Waals surface area contributed by atoms with Crippen molar-refractivity contribution in [2.75, 3.05) is 0 Å². The van der Waals surface area contributed by atoms with Crippen molar-refractivity contribution in [1.29, 1.82) is 0 Å². The van der Waals surface area contributed by atoms with Gasteiger partial charge in [0.2, 0.25) is 5.91 Å². The Labute approximate surface area is 176 Å². The van der Waals surface area contributed by atoms with Crippen molar-refractivity contribution in [3.63, 3.8) is 0 Å². The van der Waals surface area contributed by atoms with Gasteiger partial charge >= 0.3 is 0 Å². The molecule has 3 N–H and O–H groups in total. The maximum Gasteiger partial charge on any atom is 0.217 e. The predicted octanol–water partition coefficient (Wildman–Crippen LogP) is 4.79. The van der Waals surface area contributed by atoms with Crippen LogP contribution in [0.3, 0.4) is 0 Å². The van der Waals surface area contributed by atoms with E-state index in [4.69, 9.17) is 5.73 Å². The molecule has 0 aromatic rings. The molecule has 4 heteroatoms. The minimum Gasteiger partial charge on any atom is -0.393 e. The zero-order valence-corrected chi connectivity index (χ0v) is 18.9. The normalized spacial score (nSPS) is 43.3. The Morgan fingerprint density at radius 3 is 2.59 bits per heavy atom. The standard InChI is InChI=1S/C23H35NO3.C2H6/c1-22-11-10-19-17(18(22)8-9-20(22)26)7-6-15-13-16(25)12-14(23(15,19)2)4-3-5-21(24)27;1-2/h13-14,17-20,26H,3-12H2,1-2H3,(H2,24,27);1-2H3/t14-,17?,18?,19?,20-,22-,23-;/m0./s1. The zero-order valence-electron chi connectivity index (χ0n) is 18.9. The number of ketones is 1. The minimum absolute atomic E-state index is 0.0728. The second-order valence-corrected chi connectivity index (χ2v) is 10.2. The second-order valence-electron chi connectivity index (χ2n) is 10.2. The largest absolute Gasteiger partial charge is 0.393 e. The molecular formula is C25H41NO3. The molecule has 3 saturated carbocycles. The Kier molecular flexibility index (Phi) is 6.62. The lowest BCUT2D eigenvalue weighted by Crippen LogP contribution is -2.53. The van der Waals surface area contributed by atoms with Crippen molar-refractivity contribution in [3.05, 3.63) is 11.6 Å². The van der Waals surface area contributed by atoms with Gasteiger partial charge < -0.3 is 10.8 Å². The van der Waals surface area contributed by atoms with E-state index in [-0.39, 0.29) is 28.6 Å². The Bertz CT molecular complexity index is 671. The van der Waals surface area contributed by atoms with E-state index in [2.05, 4.69) is 13.8 Å². The number of allylic oxidation sites excluding steroid dienone is 1. The van der Waals surface area contributed by atoms with E-state index >= 15 is 0 Å². The Morgan fingerprint density at radius 2 is 1.90 bits per heavy atom. The van der Waals surface area contributed by atoms with Gasteiger partial charge in [0.15, 0.2) is 5.78 Å². The Hall–Kier alpha value is -1.16. The lowest BCUT2D eigenvalue weighted by atomic mass is 9.45. The highest BCUT2D eigenvalue weighted by Crippen LogP contribution is 2.66. The monoisotopic (exact) mass is 403 g/mol. The second kappa shape index (κ2) is 8.53. The summed E-state index contributed by atoms with van der Waals surface area (Å²) >= 11 is 0. The average molecular weight is 404 g/mol. The summed E-state index contributed by atoms with van der Waals surface area (Å²) in [6.07, 6.45) is 11.1. The molecule has 0 bridgehead atoms. The van der Waals surface area contributed by atoms with Crippen LogP contribution < -0.4 is 5.73 Å². The number of rotatable bonds is 4. The molecule has 1 amide bonds. The Balaban J connectivity index is 0.00000117. The molecule has 4 aliphatic carbocycles. The lowest BCUT2D eigenvalue weighted by Gasteiger charge is -2.60. The first-order valence-electron chi connectivity index (χ1n) is 12.0.